The number of thiophene rings is 1. The van der Waals surface area contributed by atoms with Crippen molar-refractivity contribution in [2.24, 2.45) is 0 Å². The van der Waals surface area contributed by atoms with E-state index >= 15 is 0 Å². The molecule has 1 saturated heterocycles. The van der Waals surface area contributed by atoms with Crippen LogP contribution < -0.4 is 9.47 Å². The van der Waals surface area contributed by atoms with E-state index in [1.54, 1.807) is 7.11 Å². The van der Waals surface area contributed by atoms with Gasteiger partial charge in [-0.1, -0.05) is 23.7 Å². The van der Waals surface area contributed by atoms with Crippen LogP contribution in [0.1, 0.15) is 20.8 Å². The summed E-state index contributed by atoms with van der Waals surface area (Å²) >= 11 is 7.56. The molecule has 0 radical (unpaired) electrons. The molecule has 1 fully saturated rings. The molecule has 1 aromatic heterocycles. The van der Waals surface area contributed by atoms with E-state index in [4.69, 9.17) is 21.1 Å². The molecule has 5 nitrogen and oxygen atoms in total. The van der Waals surface area contributed by atoms with Crippen LogP contribution in [0.25, 0.3) is 0 Å². The van der Waals surface area contributed by atoms with Gasteiger partial charge in [-0.3, -0.25) is 9.69 Å². The molecule has 0 unspecified atom stereocenters. The van der Waals surface area contributed by atoms with Crippen LogP contribution in [0.2, 0.25) is 5.02 Å². The fraction of sp³-hybridized carbons (Fsp3) is 0.292. The molecule has 0 bridgehead atoms. The van der Waals surface area contributed by atoms with Crippen molar-refractivity contribution >= 4 is 28.8 Å². The molecule has 0 atom stereocenters. The fourth-order valence-corrected chi connectivity index (χ4v) is 4.64. The fourth-order valence-electron chi connectivity index (χ4n) is 3.56. The predicted octanol–water partition coefficient (Wildman–Crippen LogP) is 4.95. The van der Waals surface area contributed by atoms with E-state index in [0.717, 1.165) is 59.7 Å². The lowest BCUT2D eigenvalue weighted by Crippen LogP contribution is -2.48. The van der Waals surface area contributed by atoms with Crippen molar-refractivity contribution in [1.82, 2.24) is 9.80 Å². The molecule has 4 rings (SSSR count). The standard InChI is InChI=1S/C24H25ClN2O3S/c1-29-21-5-7-22(8-6-21)30-16-19-14-23(31-17-19)24(28)27-11-9-26(10-12-27)15-18-3-2-4-20(25)13-18/h2-8,13-14,17H,9-12,15-16H2,1H3. The van der Waals surface area contributed by atoms with E-state index in [1.807, 2.05) is 58.8 Å². The third kappa shape index (κ3) is 5.79. The Bertz CT molecular complexity index is 1010. The first-order chi connectivity index (χ1) is 15.1. The SMILES string of the molecule is COc1ccc(OCc2csc(C(=O)N3CCN(Cc4cccc(Cl)c4)CC3)c2)cc1. The number of rotatable bonds is 7. The second kappa shape index (κ2) is 10.2. The van der Waals surface area contributed by atoms with Gasteiger partial charge >= 0.3 is 0 Å². The van der Waals surface area contributed by atoms with E-state index in [0.29, 0.717) is 6.61 Å². The Morgan fingerprint density at radius 1 is 1.00 bits per heavy atom. The average Bonchev–Trinajstić information content (AvgIpc) is 3.27. The zero-order valence-corrected chi connectivity index (χ0v) is 19.0. The van der Waals surface area contributed by atoms with Crippen molar-refractivity contribution in [3.8, 4) is 11.5 Å². The summed E-state index contributed by atoms with van der Waals surface area (Å²) in [5.41, 5.74) is 2.20. The van der Waals surface area contributed by atoms with E-state index in [2.05, 4.69) is 11.0 Å². The summed E-state index contributed by atoms with van der Waals surface area (Å²) in [6.07, 6.45) is 0. The Hall–Kier alpha value is -2.54. The van der Waals surface area contributed by atoms with Crippen molar-refractivity contribution in [1.29, 1.82) is 0 Å². The first kappa shape index (κ1) is 21.7. The maximum Gasteiger partial charge on any atom is 0.264 e. The molecular weight excluding hydrogens is 432 g/mol. The number of hydrogen-bond donors (Lipinski definition) is 0. The minimum absolute atomic E-state index is 0.100. The molecule has 0 aliphatic carbocycles. The molecule has 0 N–H and O–H groups in total. The molecule has 3 aromatic rings. The summed E-state index contributed by atoms with van der Waals surface area (Å²) < 4.78 is 11.0. The van der Waals surface area contributed by atoms with Gasteiger partial charge in [0.25, 0.3) is 5.91 Å². The Morgan fingerprint density at radius 2 is 1.74 bits per heavy atom. The summed E-state index contributed by atoms with van der Waals surface area (Å²) in [7, 11) is 1.64. The van der Waals surface area contributed by atoms with Crippen LogP contribution in [0, 0.1) is 0 Å². The monoisotopic (exact) mass is 456 g/mol. The molecule has 2 aromatic carbocycles. The van der Waals surface area contributed by atoms with Gasteiger partial charge in [0.1, 0.15) is 18.1 Å². The number of amides is 1. The van der Waals surface area contributed by atoms with Crippen LogP contribution in [-0.4, -0.2) is 49.0 Å². The van der Waals surface area contributed by atoms with Gasteiger partial charge in [-0.15, -0.1) is 11.3 Å². The molecule has 2 heterocycles. The summed E-state index contributed by atoms with van der Waals surface area (Å²) in [5.74, 6) is 1.67. The Balaban J connectivity index is 1.26. The smallest absolute Gasteiger partial charge is 0.264 e. The third-order valence-corrected chi connectivity index (χ3v) is 6.49. The van der Waals surface area contributed by atoms with E-state index in [-0.39, 0.29) is 5.91 Å². The van der Waals surface area contributed by atoms with Gasteiger partial charge in [0.15, 0.2) is 0 Å². The topological polar surface area (TPSA) is 42.0 Å². The highest BCUT2D eigenvalue weighted by Gasteiger charge is 2.23. The van der Waals surface area contributed by atoms with Crippen LogP contribution >= 0.6 is 22.9 Å². The van der Waals surface area contributed by atoms with Crippen molar-refractivity contribution < 1.29 is 14.3 Å². The summed E-state index contributed by atoms with van der Waals surface area (Å²) in [5, 5.41) is 2.75. The van der Waals surface area contributed by atoms with Gasteiger partial charge in [-0.25, -0.2) is 0 Å². The third-order valence-electron chi connectivity index (χ3n) is 5.28. The summed E-state index contributed by atoms with van der Waals surface area (Å²) in [6, 6.07) is 17.4. The molecular formula is C24H25ClN2O3S. The highest BCUT2D eigenvalue weighted by Crippen LogP contribution is 2.22. The Morgan fingerprint density at radius 3 is 2.45 bits per heavy atom. The van der Waals surface area contributed by atoms with Crippen molar-refractivity contribution in [3.05, 3.63) is 81.0 Å². The first-order valence-electron chi connectivity index (χ1n) is 10.2. The Kier molecular flexibility index (Phi) is 7.12. The lowest BCUT2D eigenvalue weighted by atomic mass is 10.2. The highest BCUT2D eigenvalue weighted by atomic mass is 35.5. The maximum absolute atomic E-state index is 12.9. The second-order valence-electron chi connectivity index (χ2n) is 7.48. The molecule has 1 amide bonds. The molecule has 31 heavy (non-hydrogen) atoms. The second-order valence-corrected chi connectivity index (χ2v) is 8.83. The minimum atomic E-state index is 0.100. The molecule has 7 heteroatoms. The van der Waals surface area contributed by atoms with Gasteiger partial charge in [0.05, 0.1) is 12.0 Å². The number of halogens is 1. The van der Waals surface area contributed by atoms with Gasteiger partial charge in [0, 0.05) is 43.3 Å². The number of carbonyl (C=O) groups excluding carboxylic acids is 1. The lowest BCUT2D eigenvalue weighted by Gasteiger charge is -2.34. The normalized spacial score (nSPS) is 14.5. The number of benzene rings is 2. The summed E-state index contributed by atoms with van der Waals surface area (Å²) in [4.78, 5) is 18.0. The van der Waals surface area contributed by atoms with Crippen LogP contribution in [-0.2, 0) is 13.2 Å². The van der Waals surface area contributed by atoms with Crippen LogP contribution in [0.15, 0.2) is 60.0 Å². The highest BCUT2D eigenvalue weighted by molar-refractivity contribution is 7.12. The first-order valence-corrected chi connectivity index (χ1v) is 11.5. The number of nitrogens with zero attached hydrogens (tertiary/aromatic N) is 2. The quantitative estimate of drug-likeness (QED) is 0.504. The van der Waals surface area contributed by atoms with Crippen molar-refractivity contribution in [2.45, 2.75) is 13.2 Å². The number of hydrogen-bond acceptors (Lipinski definition) is 5. The van der Waals surface area contributed by atoms with Crippen LogP contribution in [0.3, 0.4) is 0 Å². The molecule has 0 saturated carbocycles. The summed E-state index contributed by atoms with van der Waals surface area (Å²) in [6.45, 7) is 4.47. The zero-order chi connectivity index (χ0) is 21.6. The molecule has 1 aliphatic heterocycles. The Labute approximate surface area is 191 Å². The number of piperazine rings is 1. The minimum Gasteiger partial charge on any atom is -0.497 e. The van der Waals surface area contributed by atoms with Crippen LogP contribution in [0.4, 0.5) is 0 Å². The number of methoxy groups -OCH3 is 1. The van der Waals surface area contributed by atoms with Crippen molar-refractivity contribution in [2.75, 3.05) is 33.3 Å². The molecule has 0 spiro atoms. The number of carbonyl (C=O) groups is 1. The molecule has 162 valence electrons. The lowest BCUT2D eigenvalue weighted by molar-refractivity contribution is 0.0633. The van der Waals surface area contributed by atoms with E-state index < -0.39 is 0 Å². The predicted molar refractivity (Wildman–Crippen MR) is 124 cm³/mol. The van der Waals surface area contributed by atoms with Gasteiger partial charge < -0.3 is 14.4 Å². The maximum atomic E-state index is 12.9. The molecule has 1 aliphatic rings. The van der Waals surface area contributed by atoms with Gasteiger partial charge in [-0.05, 0) is 53.4 Å². The average molecular weight is 457 g/mol. The van der Waals surface area contributed by atoms with E-state index in [1.165, 1.54) is 16.9 Å². The van der Waals surface area contributed by atoms with Crippen LogP contribution in [0.5, 0.6) is 11.5 Å². The zero-order valence-electron chi connectivity index (χ0n) is 17.4. The number of ether oxygens (including phenoxy) is 2. The van der Waals surface area contributed by atoms with E-state index in [9.17, 15) is 4.79 Å². The van der Waals surface area contributed by atoms with Gasteiger partial charge in [0.2, 0.25) is 0 Å². The van der Waals surface area contributed by atoms with Gasteiger partial charge in [-0.2, -0.15) is 0 Å². The largest absolute Gasteiger partial charge is 0.497 e. The van der Waals surface area contributed by atoms with Crippen molar-refractivity contribution in [3.63, 3.8) is 0 Å².